The summed E-state index contributed by atoms with van der Waals surface area (Å²) in [6.45, 7) is 3.87. The van der Waals surface area contributed by atoms with Crippen LogP contribution >= 0.6 is 23.2 Å². The van der Waals surface area contributed by atoms with Gasteiger partial charge in [-0.05, 0) is 18.2 Å². The second-order valence-electron chi connectivity index (χ2n) is 4.10. The molecule has 0 radical (unpaired) electrons. The molecule has 0 saturated heterocycles. The van der Waals surface area contributed by atoms with Gasteiger partial charge >= 0.3 is 5.69 Å². The lowest BCUT2D eigenvalue weighted by molar-refractivity contribution is -0.383. The molecule has 22 heavy (non-hydrogen) atoms. The van der Waals surface area contributed by atoms with Gasteiger partial charge in [0.25, 0.3) is 0 Å². The number of rotatable bonds is 6. The van der Waals surface area contributed by atoms with Crippen molar-refractivity contribution in [1.82, 2.24) is 9.97 Å². The number of benzene rings is 1. The van der Waals surface area contributed by atoms with Crippen LogP contribution in [0.4, 0.5) is 23.0 Å². The van der Waals surface area contributed by atoms with Gasteiger partial charge in [0.15, 0.2) is 0 Å². The van der Waals surface area contributed by atoms with Crippen LogP contribution in [0.2, 0.25) is 10.0 Å². The fourth-order valence-corrected chi connectivity index (χ4v) is 2.12. The summed E-state index contributed by atoms with van der Waals surface area (Å²) in [5.74, 6) is 0.114. The van der Waals surface area contributed by atoms with Crippen LogP contribution in [-0.2, 0) is 0 Å². The molecule has 0 bridgehead atoms. The minimum atomic E-state index is -0.572. The van der Waals surface area contributed by atoms with Crippen LogP contribution in [0.5, 0.6) is 0 Å². The number of nitro groups is 1. The summed E-state index contributed by atoms with van der Waals surface area (Å²) in [6, 6.07) is 4.74. The Hall–Kier alpha value is -2.38. The van der Waals surface area contributed by atoms with E-state index in [0.717, 1.165) is 0 Å². The molecule has 0 amide bonds. The van der Waals surface area contributed by atoms with Crippen molar-refractivity contribution in [3.63, 3.8) is 0 Å². The largest absolute Gasteiger partial charge is 0.361 e. The number of nitrogens with one attached hydrogen (secondary N) is 2. The SMILES string of the molecule is C=CCNc1ncnc(Nc2ccc(Cl)cc2Cl)c1[N+](=O)[O-]. The molecule has 1 aromatic carbocycles. The summed E-state index contributed by atoms with van der Waals surface area (Å²) in [7, 11) is 0. The summed E-state index contributed by atoms with van der Waals surface area (Å²) in [4.78, 5) is 18.5. The monoisotopic (exact) mass is 339 g/mol. The van der Waals surface area contributed by atoms with Crippen molar-refractivity contribution >= 4 is 46.2 Å². The molecule has 2 rings (SSSR count). The van der Waals surface area contributed by atoms with Crippen LogP contribution in [0.25, 0.3) is 0 Å². The van der Waals surface area contributed by atoms with E-state index in [4.69, 9.17) is 23.2 Å². The zero-order chi connectivity index (χ0) is 16.1. The molecular weight excluding hydrogens is 329 g/mol. The van der Waals surface area contributed by atoms with Crippen molar-refractivity contribution < 1.29 is 4.92 Å². The third-order valence-corrected chi connectivity index (χ3v) is 3.15. The number of aromatic nitrogens is 2. The first-order chi connectivity index (χ1) is 10.5. The molecule has 1 heterocycles. The van der Waals surface area contributed by atoms with E-state index >= 15 is 0 Å². The minimum absolute atomic E-state index is 0.0239. The molecule has 1 aromatic heterocycles. The molecule has 0 fully saturated rings. The van der Waals surface area contributed by atoms with Gasteiger partial charge in [0.2, 0.25) is 11.6 Å². The zero-order valence-electron chi connectivity index (χ0n) is 11.2. The molecule has 114 valence electrons. The van der Waals surface area contributed by atoms with E-state index in [1.165, 1.54) is 12.4 Å². The summed E-state index contributed by atoms with van der Waals surface area (Å²) < 4.78 is 0. The van der Waals surface area contributed by atoms with Gasteiger partial charge < -0.3 is 10.6 Å². The lowest BCUT2D eigenvalue weighted by Gasteiger charge is -2.10. The van der Waals surface area contributed by atoms with Gasteiger partial charge in [-0.15, -0.1) is 6.58 Å². The van der Waals surface area contributed by atoms with Gasteiger partial charge in [0.1, 0.15) is 6.33 Å². The standard InChI is InChI=1S/C13H11Cl2N5O2/c1-2-5-16-12-11(20(21)22)13(18-7-17-12)19-10-4-3-8(14)6-9(10)15/h2-4,6-7H,1,5H2,(H2,16,17,18,19). The Morgan fingerprint density at radius 2 is 2.05 bits per heavy atom. The molecule has 2 N–H and O–H groups in total. The van der Waals surface area contributed by atoms with E-state index in [-0.39, 0.29) is 17.3 Å². The van der Waals surface area contributed by atoms with Gasteiger partial charge in [-0.25, -0.2) is 9.97 Å². The van der Waals surface area contributed by atoms with Gasteiger partial charge in [-0.2, -0.15) is 0 Å². The topological polar surface area (TPSA) is 93.0 Å². The Balaban J connectivity index is 2.41. The van der Waals surface area contributed by atoms with E-state index in [9.17, 15) is 10.1 Å². The summed E-state index contributed by atoms with van der Waals surface area (Å²) in [6.07, 6.45) is 2.78. The maximum absolute atomic E-state index is 11.3. The maximum atomic E-state index is 11.3. The highest BCUT2D eigenvalue weighted by atomic mass is 35.5. The molecule has 0 aliphatic carbocycles. The number of hydrogen-bond acceptors (Lipinski definition) is 6. The van der Waals surface area contributed by atoms with Crippen LogP contribution in [0.1, 0.15) is 0 Å². The zero-order valence-corrected chi connectivity index (χ0v) is 12.7. The van der Waals surface area contributed by atoms with Crippen molar-refractivity contribution in [1.29, 1.82) is 0 Å². The Morgan fingerprint density at radius 1 is 1.32 bits per heavy atom. The van der Waals surface area contributed by atoms with E-state index in [0.29, 0.717) is 22.3 Å². The van der Waals surface area contributed by atoms with Crippen LogP contribution in [0.3, 0.4) is 0 Å². The Labute approximate surface area is 136 Å². The normalized spacial score (nSPS) is 10.1. The first-order valence-corrected chi connectivity index (χ1v) is 6.84. The fourth-order valence-electron chi connectivity index (χ4n) is 1.66. The lowest BCUT2D eigenvalue weighted by atomic mass is 10.3. The molecule has 0 spiro atoms. The van der Waals surface area contributed by atoms with Crippen molar-refractivity contribution in [2.45, 2.75) is 0 Å². The van der Waals surface area contributed by atoms with Gasteiger partial charge in [0, 0.05) is 11.6 Å². The maximum Gasteiger partial charge on any atom is 0.353 e. The number of anilines is 3. The van der Waals surface area contributed by atoms with Gasteiger partial charge in [-0.1, -0.05) is 29.3 Å². The third kappa shape index (κ3) is 3.63. The highest BCUT2D eigenvalue weighted by Gasteiger charge is 2.23. The van der Waals surface area contributed by atoms with Gasteiger partial charge in [0.05, 0.1) is 15.6 Å². The Bertz CT molecular complexity index is 724. The number of nitrogens with zero attached hydrogens (tertiary/aromatic N) is 3. The second-order valence-corrected chi connectivity index (χ2v) is 4.94. The van der Waals surface area contributed by atoms with E-state index in [1.807, 2.05) is 0 Å². The molecule has 0 atom stereocenters. The molecule has 7 nitrogen and oxygen atoms in total. The van der Waals surface area contributed by atoms with Crippen LogP contribution in [-0.4, -0.2) is 21.4 Å². The smallest absolute Gasteiger partial charge is 0.353 e. The van der Waals surface area contributed by atoms with Crippen LogP contribution < -0.4 is 10.6 Å². The Morgan fingerprint density at radius 3 is 2.68 bits per heavy atom. The summed E-state index contributed by atoms with van der Waals surface area (Å²) in [5, 5.41) is 17.7. The summed E-state index contributed by atoms with van der Waals surface area (Å²) in [5.41, 5.74) is 0.165. The first-order valence-electron chi connectivity index (χ1n) is 6.09. The molecule has 0 aliphatic heterocycles. The van der Waals surface area contributed by atoms with Crippen LogP contribution in [0.15, 0.2) is 37.2 Å². The third-order valence-electron chi connectivity index (χ3n) is 2.60. The Kier molecular flexibility index (Phi) is 5.13. The fraction of sp³-hybridized carbons (Fsp3) is 0.0769. The second kappa shape index (κ2) is 7.06. The van der Waals surface area contributed by atoms with Crippen molar-refractivity contribution in [2.75, 3.05) is 17.2 Å². The van der Waals surface area contributed by atoms with Crippen molar-refractivity contribution in [3.05, 3.63) is 57.3 Å². The first kappa shape index (κ1) is 16.0. The average Bonchev–Trinajstić information content (AvgIpc) is 2.47. The number of halogens is 2. The molecule has 0 unspecified atom stereocenters. The average molecular weight is 340 g/mol. The molecular formula is C13H11Cl2N5O2. The predicted octanol–water partition coefficient (Wildman–Crippen LogP) is 4.03. The van der Waals surface area contributed by atoms with E-state index < -0.39 is 4.92 Å². The molecule has 0 saturated carbocycles. The van der Waals surface area contributed by atoms with Crippen molar-refractivity contribution in [3.8, 4) is 0 Å². The van der Waals surface area contributed by atoms with Gasteiger partial charge in [-0.3, -0.25) is 10.1 Å². The van der Waals surface area contributed by atoms with E-state index in [1.54, 1.807) is 18.2 Å². The number of hydrogen-bond donors (Lipinski definition) is 2. The molecule has 0 aliphatic rings. The highest BCUT2D eigenvalue weighted by molar-refractivity contribution is 6.36. The highest BCUT2D eigenvalue weighted by Crippen LogP contribution is 2.34. The molecule has 2 aromatic rings. The minimum Gasteiger partial charge on any atom is -0.361 e. The molecule has 9 heteroatoms. The predicted molar refractivity (Wildman–Crippen MR) is 87.1 cm³/mol. The van der Waals surface area contributed by atoms with Crippen LogP contribution in [0, 0.1) is 10.1 Å². The quantitative estimate of drug-likeness (QED) is 0.468. The van der Waals surface area contributed by atoms with E-state index in [2.05, 4.69) is 27.2 Å². The van der Waals surface area contributed by atoms with Crippen molar-refractivity contribution in [2.24, 2.45) is 0 Å². The lowest BCUT2D eigenvalue weighted by Crippen LogP contribution is -2.08. The summed E-state index contributed by atoms with van der Waals surface area (Å²) >= 11 is 11.9.